The molecular formula is C99H193N29O17. The molecule has 145 heavy (non-hydrogen) atoms. The van der Waals surface area contributed by atoms with Gasteiger partial charge in [0.2, 0.25) is 82.7 Å². The third-order valence-corrected chi connectivity index (χ3v) is 23.1. The van der Waals surface area contributed by atoms with Crippen LogP contribution in [0.15, 0.2) is 30.3 Å². The van der Waals surface area contributed by atoms with E-state index in [1.807, 2.05) is 217 Å². The minimum absolute atomic E-state index is 0.0304. The second-order valence-electron chi connectivity index (χ2n) is 38.5. The van der Waals surface area contributed by atoms with Crippen molar-refractivity contribution in [1.82, 2.24) is 148 Å². The predicted octanol–water partition coefficient (Wildman–Crippen LogP) is -6.07. The molecule has 0 aliphatic heterocycles. The van der Waals surface area contributed by atoms with Crippen LogP contribution in [-0.4, -0.2) is 583 Å². The van der Waals surface area contributed by atoms with Crippen molar-refractivity contribution in [1.29, 1.82) is 0 Å². The molecular weight excluding hydrogens is 1870 g/mol. The van der Waals surface area contributed by atoms with E-state index in [0.29, 0.717) is 216 Å². The molecule has 0 unspecified atom stereocenters. The molecule has 0 bridgehead atoms. The van der Waals surface area contributed by atoms with Gasteiger partial charge in [-0.25, -0.2) is 0 Å². The molecule has 0 saturated carbocycles. The van der Waals surface area contributed by atoms with Crippen molar-refractivity contribution in [3.63, 3.8) is 0 Å². The second kappa shape index (κ2) is 88.0. The molecule has 0 heterocycles. The van der Waals surface area contributed by atoms with E-state index in [-0.39, 0.29) is 277 Å². The Hall–Kier alpha value is -8.92. The van der Waals surface area contributed by atoms with Gasteiger partial charge in [-0.3, -0.25) is 67.1 Å². The molecule has 46 nitrogen and oxygen atoms in total. The highest BCUT2D eigenvalue weighted by atomic mass is 16.5. The number of hydrogen-bond acceptors (Lipinski definition) is 32. The topological polar surface area (TPSA) is 484 Å². The van der Waals surface area contributed by atoms with Crippen LogP contribution in [0, 0.1) is 0 Å². The molecule has 0 saturated heterocycles. The normalized spacial score (nSPS) is 11.7. The van der Waals surface area contributed by atoms with Gasteiger partial charge in [-0.05, 0) is 118 Å². The summed E-state index contributed by atoms with van der Waals surface area (Å²) in [5.41, 5.74) is 1.05. The number of carbonyl (C=O) groups is 14. The van der Waals surface area contributed by atoms with Gasteiger partial charge in [-0.2, -0.15) is 0 Å². The maximum absolute atomic E-state index is 14.0. The van der Waals surface area contributed by atoms with E-state index >= 15 is 0 Å². The van der Waals surface area contributed by atoms with Crippen LogP contribution in [0.25, 0.3) is 0 Å². The summed E-state index contributed by atoms with van der Waals surface area (Å²) in [5, 5.41) is 41.6. The van der Waals surface area contributed by atoms with Gasteiger partial charge in [0.15, 0.2) is 0 Å². The molecule has 1 aromatic rings. The van der Waals surface area contributed by atoms with E-state index in [0.717, 1.165) is 5.56 Å². The Morgan fingerprint density at radius 1 is 0.166 bits per heavy atom. The lowest BCUT2D eigenvalue weighted by Gasteiger charge is -2.25. The summed E-state index contributed by atoms with van der Waals surface area (Å²) in [4.78, 5) is 216. The molecule has 14 N–H and O–H groups in total. The molecule has 14 amide bonds. The maximum atomic E-state index is 14.0. The molecule has 0 radical (unpaired) electrons. The van der Waals surface area contributed by atoms with Gasteiger partial charge < -0.3 is 162 Å². The molecule has 0 fully saturated rings. The van der Waals surface area contributed by atoms with E-state index in [2.05, 4.69) is 74.4 Å². The quantitative estimate of drug-likeness (QED) is 0.0270. The summed E-state index contributed by atoms with van der Waals surface area (Å²) >= 11 is 0. The maximum Gasteiger partial charge on any atom is 0.221 e. The lowest BCUT2D eigenvalue weighted by molar-refractivity contribution is -0.123. The van der Waals surface area contributed by atoms with Gasteiger partial charge in [-0.1, -0.05) is 30.3 Å². The first-order valence-corrected chi connectivity index (χ1v) is 52.1. The van der Waals surface area contributed by atoms with Crippen LogP contribution in [0.3, 0.4) is 0 Å². The van der Waals surface area contributed by atoms with Gasteiger partial charge in [0.1, 0.15) is 0 Å². The highest BCUT2D eigenvalue weighted by molar-refractivity contribution is 5.81. The molecule has 46 heteroatoms. The summed E-state index contributed by atoms with van der Waals surface area (Å²) in [6.45, 7) is 19.0. The number of carbonyl (C=O) groups excluding carboxylic acids is 14. The number of nitrogens with one attached hydrogen (secondary N) is 14. The smallest absolute Gasteiger partial charge is 0.221 e. The number of amides is 14. The summed E-state index contributed by atoms with van der Waals surface area (Å²) in [6, 6.07) is 9.83. The Kier molecular flexibility index (Phi) is 81.4. The summed E-state index contributed by atoms with van der Waals surface area (Å²) < 4.78 is 17.6. The van der Waals surface area contributed by atoms with Crippen LogP contribution in [0.1, 0.15) is 95.5 Å². The first kappa shape index (κ1) is 134. The molecule has 0 atom stereocenters. The molecule has 836 valence electrons. The molecule has 1 aromatic carbocycles. The SMILES string of the molecule is CN(C)CCNC(=O)CCN(CCNC(=O)CCN(CCNC(=O)CCN(CCOCCOCCOCc1ccccc1)CCC(=O)NCCN(CCC(=O)NCCN(CCC(=O)NCCN(C)C)CCC(=O)NCCN(C)C)CCC(=O)NCCN(CCC(=O)NCCN(C)C)CCC(=O)NCCN(C)C)CCC(=O)NCCN(CCC(=O)NCCN(C)C)CCC(=O)NCCN(C)C)CCC(=O)NCCN(C)C. The first-order valence-electron chi connectivity index (χ1n) is 52.1. The summed E-state index contributed by atoms with van der Waals surface area (Å²) in [7, 11) is 30.8. The third-order valence-electron chi connectivity index (χ3n) is 23.1. The van der Waals surface area contributed by atoms with Crippen molar-refractivity contribution in [2.24, 2.45) is 0 Å². The molecule has 1 rings (SSSR count). The standard InChI is InChI=1S/C99H193N29O17/c1-114(2)64-36-100-86(129)22-50-122(51-23-87(130)101-37-65-115(3)4)72-44-108-94(137)30-58-126(59-31-95(138)109-45-73-123(52-24-88(131)102-38-66-116(5)6)53-25-89(132)103-39-67-117(7)8)76-48-112-98(141)34-62-128(78-79-143-80-81-144-82-83-145-84-85-20-18-17-19-21-85)63-35-99(142)113-49-77-127(60-32-96(139)110-46-74-124(54-26-90(133)104-40-68-118(9)10)55-27-91(134)105-41-69-119(11)12)61-33-97(140)111-47-75-125(56-28-92(135)106-42-70-120(13)14)57-29-93(136)107-43-71-121(15)16/h17-21H,22-84H2,1-16H3,(H,100,129)(H,101,130)(H,102,131)(H,103,132)(H,104,133)(H,105,134)(H,106,135)(H,107,136)(H,108,137)(H,109,138)(H,110,139)(H,111,140)(H,112,141)(H,113,142). The van der Waals surface area contributed by atoms with E-state index < -0.39 is 0 Å². The number of likely N-dealkylation sites (N-methyl/N-ethyl adjacent to an activating group) is 8. The van der Waals surface area contributed by atoms with Crippen LogP contribution in [-0.2, 0) is 87.9 Å². The lowest BCUT2D eigenvalue weighted by Crippen LogP contribution is -2.42. The van der Waals surface area contributed by atoms with Gasteiger partial charge in [0, 0.05) is 371 Å². The Morgan fingerprint density at radius 2 is 0.297 bits per heavy atom. The monoisotopic (exact) mass is 2060 g/mol. The van der Waals surface area contributed by atoms with Crippen LogP contribution in [0.2, 0.25) is 0 Å². The van der Waals surface area contributed by atoms with Crippen molar-refractivity contribution >= 4 is 82.7 Å². The first-order chi connectivity index (χ1) is 69.3. The van der Waals surface area contributed by atoms with Gasteiger partial charge in [0.25, 0.3) is 0 Å². The fourth-order valence-corrected chi connectivity index (χ4v) is 14.1. The van der Waals surface area contributed by atoms with Crippen molar-refractivity contribution in [3.05, 3.63) is 35.9 Å². The van der Waals surface area contributed by atoms with Crippen LogP contribution >= 0.6 is 0 Å². The fraction of sp³-hybridized carbons (Fsp3) is 0.798. The zero-order chi connectivity index (χ0) is 107. The Labute approximate surface area is 867 Å². The number of rotatable bonds is 95. The van der Waals surface area contributed by atoms with Gasteiger partial charge in [0.05, 0.1) is 39.6 Å². The van der Waals surface area contributed by atoms with Crippen molar-refractivity contribution in [2.45, 2.75) is 96.5 Å². The Balaban J connectivity index is 3.59. The Morgan fingerprint density at radius 3 is 0.448 bits per heavy atom. The third kappa shape index (κ3) is 86.7. The van der Waals surface area contributed by atoms with E-state index in [9.17, 15) is 67.1 Å². The van der Waals surface area contributed by atoms with Crippen molar-refractivity contribution in [2.75, 3.05) is 427 Å². The minimum Gasteiger partial charge on any atom is -0.378 e. The number of benzene rings is 1. The van der Waals surface area contributed by atoms with Crippen LogP contribution in [0.5, 0.6) is 0 Å². The second-order valence-corrected chi connectivity index (χ2v) is 38.5. The van der Waals surface area contributed by atoms with Gasteiger partial charge >= 0.3 is 0 Å². The number of hydrogen-bond donors (Lipinski definition) is 14. The molecule has 0 aliphatic carbocycles. The fourth-order valence-electron chi connectivity index (χ4n) is 14.1. The van der Waals surface area contributed by atoms with Crippen LogP contribution in [0.4, 0.5) is 0 Å². The zero-order valence-corrected chi connectivity index (χ0v) is 91.6. The van der Waals surface area contributed by atoms with E-state index in [1.165, 1.54) is 0 Å². The zero-order valence-electron chi connectivity index (χ0n) is 91.6. The lowest BCUT2D eigenvalue weighted by atomic mass is 10.2. The van der Waals surface area contributed by atoms with E-state index in [4.69, 9.17) is 14.2 Å². The van der Waals surface area contributed by atoms with Crippen molar-refractivity contribution in [3.8, 4) is 0 Å². The highest BCUT2D eigenvalue weighted by Gasteiger charge is 2.22. The average molecular weight is 2060 g/mol. The predicted molar refractivity (Wildman–Crippen MR) is 568 cm³/mol. The minimum atomic E-state index is -0.288. The number of ether oxygens (including phenoxy) is 3. The average Bonchev–Trinajstić information content (AvgIpc) is 0.913. The van der Waals surface area contributed by atoms with Crippen molar-refractivity contribution < 1.29 is 81.3 Å². The van der Waals surface area contributed by atoms with Crippen LogP contribution < -0.4 is 74.4 Å². The largest absolute Gasteiger partial charge is 0.378 e. The number of nitrogens with zero attached hydrogens (tertiary/aromatic N) is 15. The highest BCUT2D eigenvalue weighted by Crippen LogP contribution is 2.07. The molecule has 0 spiro atoms. The molecule has 0 aromatic heterocycles. The van der Waals surface area contributed by atoms with Gasteiger partial charge in [-0.15, -0.1) is 0 Å². The van der Waals surface area contributed by atoms with E-state index in [1.54, 1.807) is 0 Å². The summed E-state index contributed by atoms with van der Waals surface area (Å²) in [6.07, 6.45) is 1.76. The molecule has 0 aliphatic rings. The summed E-state index contributed by atoms with van der Waals surface area (Å²) in [5.74, 6) is -2.65. The Bertz CT molecular complexity index is 3150.